The van der Waals surface area contributed by atoms with Crippen molar-refractivity contribution in [2.45, 2.75) is 43.7 Å². The van der Waals surface area contributed by atoms with Crippen molar-refractivity contribution in [1.29, 1.82) is 0 Å². The van der Waals surface area contributed by atoms with Crippen LogP contribution in [0.2, 0.25) is 5.02 Å². The van der Waals surface area contributed by atoms with Gasteiger partial charge in [-0.2, -0.15) is 0 Å². The number of benzene rings is 1. The summed E-state index contributed by atoms with van der Waals surface area (Å²) < 4.78 is 39.1. The molecule has 1 atom stereocenters. The van der Waals surface area contributed by atoms with E-state index in [1.54, 1.807) is 0 Å². The van der Waals surface area contributed by atoms with E-state index in [0.29, 0.717) is 25.2 Å². The Morgan fingerprint density at radius 2 is 1.97 bits per heavy atom. The molecule has 0 aliphatic heterocycles. The van der Waals surface area contributed by atoms with E-state index in [4.69, 9.17) is 30.9 Å². The maximum Gasteiger partial charge on any atom is 0.470 e. The van der Waals surface area contributed by atoms with Crippen molar-refractivity contribution in [3.8, 4) is 5.75 Å². The second kappa shape index (κ2) is 9.20. The monoisotopic (exact) mass is 465 g/mol. The van der Waals surface area contributed by atoms with Crippen molar-refractivity contribution in [2.24, 2.45) is 5.92 Å². The SMILES string of the molecule is O=C(COc1ccc(Cl)c(F)c1)NC12CCC(CC1)CC2OC(=O)COP(=O)(O)O. The normalized spacial score (nSPS) is 25.6. The van der Waals surface area contributed by atoms with E-state index in [0.717, 1.165) is 18.9 Å². The van der Waals surface area contributed by atoms with Gasteiger partial charge in [-0.3, -0.25) is 9.32 Å². The molecule has 3 fully saturated rings. The van der Waals surface area contributed by atoms with Gasteiger partial charge in [0.25, 0.3) is 5.91 Å². The van der Waals surface area contributed by atoms with Gasteiger partial charge in [0.1, 0.15) is 17.7 Å². The Morgan fingerprint density at radius 3 is 2.60 bits per heavy atom. The number of carbonyl (C=O) groups excluding carboxylic acids is 2. The molecule has 3 aliphatic carbocycles. The minimum absolute atomic E-state index is 0.0583. The third kappa shape index (κ3) is 5.92. The zero-order valence-electron chi connectivity index (χ0n) is 15.9. The Morgan fingerprint density at radius 1 is 1.27 bits per heavy atom. The fraction of sp³-hybridized carbons (Fsp3) is 0.556. The first-order valence-electron chi connectivity index (χ1n) is 9.35. The van der Waals surface area contributed by atoms with Crippen LogP contribution in [0.15, 0.2) is 18.2 Å². The molecule has 4 rings (SSSR count). The van der Waals surface area contributed by atoms with Crippen molar-refractivity contribution >= 4 is 31.3 Å². The molecule has 0 radical (unpaired) electrons. The van der Waals surface area contributed by atoms with Gasteiger partial charge in [0.2, 0.25) is 0 Å². The molecule has 9 nitrogen and oxygen atoms in total. The largest absolute Gasteiger partial charge is 0.484 e. The number of phosphoric ester groups is 1. The Labute approximate surface area is 177 Å². The summed E-state index contributed by atoms with van der Waals surface area (Å²) in [6, 6.07) is 3.83. The molecule has 3 saturated carbocycles. The van der Waals surface area contributed by atoms with E-state index >= 15 is 0 Å². The molecule has 1 aromatic carbocycles. The van der Waals surface area contributed by atoms with E-state index in [9.17, 15) is 18.5 Å². The average molecular weight is 466 g/mol. The van der Waals surface area contributed by atoms with Crippen LogP contribution in [0, 0.1) is 11.7 Å². The molecule has 12 heteroatoms. The Kier molecular flexibility index (Phi) is 7.04. The first kappa shape index (κ1) is 23.0. The third-order valence-electron chi connectivity index (χ3n) is 5.43. The van der Waals surface area contributed by atoms with Crippen molar-refractivity contribution < 1.29 is 42.3 Å². The van der Waals surface area contributed by atoms with Crippen molar-refractivity contribution in [3.63, 3.8) is 0 Å². The number of phosphoric acid groups is 1. The first-order valence-corrected chi connectivity index (χ1v) is 11.3. The Hall–Kier alpha value is -1.71. The van der Waals surface area contributed by atoms with Crippen molar-refractivity contribution in [1.82, 2.24) is 5.32 Å². The van der Waals surface area contributed by atoms with Crippen molar-refractivity contribution in [2.75, 3.05) is 13.2 Å². The summed E-state index contributed by atoms with van der Waals surface area (Å²) in [5.41, 5.74) is -0.793. The Balaban J connectivity index is 1.59. The standard InChI is InChI=1S/C18H22ClFNO8P/c19-13-2-1-12(8-14(13)20)27-9-16(22)21-18-5-3-11(4-6-18)7-15(18)29-17(23)10-28-30(24,25)26/h1-2,8,11,15H,3-7,9-10H2,(H,21,22)(H2,24,25,26). The molecule has 166 valence electrons. The van der Waals surface area contributed by atoms with Crippen LogP contribution in [0.5, 0.6) is 5.75 Å². The molecule has 3 N–H and O–H groups in total. The second-order valence-corrected chi connectivity index (χ2v) is 9.14. The first-order chi connectivity index (χ1) is 14.1. The lowest BCUT2D eigenvalue weighted by molar-refractivity contribution is -0.166. The average Bonchev–Trinajstić information content (AvgIpc) is 2.68. The highest BCUT2D eigenvalue weighted by Crippen LogP contribution is 2.46. The van der Waals surface area contributed by atoms with Gasteiger partial charge in [-0.15, -0.1) is 0 Å². The second-order valence-electron chi connectivity index (χ2n) is 7.49. The minimum atomic E-state index is -4.79. The van der Waals surface area contributed by atoms with Crippen LogP contribution < -0.4 is 10.1 Å². The number of amides is 1. The molecule has 1 unspecified atom stereocenters. The van der Waals surface area contributed by atoms with Crippen LogP contribution in [-0.2, 0) is 23.4 Å². The minimum Gasteiger partial charge on any atom is -0.484 e. The number of carbonyl (C=O) groups is 2. The molecule has 0 aromatic heterocycles. The summed E-state index contributed by atoms with van der Waals surface area (Å²) in [6.45, 7) is -1.26. The number of hydrogen-bond donors (Lipinski definition) is 3. The molecular formula is C18H22ClFNO8P. The maximum atomic E-state index is 13.5. The van der Waals surface area contributed by atoms with E-state index in [1.165, 1.54) is 12.1 Å². The van der Waals surface area contributed by atoms with Crippen LogP contribution in [0.1, 0.15) is 32.1 Å². The van der Waals surface area contributed by atoms with Crippen LogP contribution in [0.3, 0.4) is 0 Å². The fourth-order valence-corrected chi connectivity index (χ4v) is 4.40. The molecular weight excluding hydrogens is 444 g/mol. The number of nitrogens with one attached hydrogen (secondary N) is 1. The summed E-state index contributed by atoms with van der Waals surface area (Å²) in [5.74, 6) is -1.55. The molecule has 1 amide bonds. The van der Waals surface area contributed by atoms with Crippen LogP contribution >= 0.6 is 19.4 Å². The smallest absolute Gasteiger partial charge is 0.470 e. The maximum absolute atomic E-state index is 13.5. The van der Waals surface area contributed by atoms with Gasteiger partial charge in [-0.25, -0.2) is 13.8 Å². The lowest BCUT2D eigenvalue weighted by atomic mass is 9.64. The lowest BCUT2D eigenvalue weighted by Crippen LogP contribution is -2.64. The van der Waals surface area contributed by atoms with Gasteiger partial charge in [0.15, 0.2) is 13.2 Å². The van der Waals surface area contributed by atoms with E-state index in [-0.39, 0.29) is 17.4 Å². The molecule has 0 saturated heterocycles. The number of fused-ring (bicyclic) bond motifs is 3. The van der Waals surface area contributed by atoms with Gasteiger partial charge in [0, 0.05) is 6.07 Å². The summed E-state index contributed by atoms with van der Waals surface area (Å²) in [6.07, 6.45) is 2.79. The number of rotatable bonds is 8. The number of halogens is 2. The third-order valence-corrected chi connectivity index (χ3v) is 6.21. The van der Waals surface area contributed by atoms with Crippen LogP contribution in [0.4, 0.5) is 4.39 Å². The highest BCUT2D eigenvalue weighted by Gasteiger charge is 2.50. The number of esters is 1. The highest BCUT2D eigenvalue weighted by atomic mass is 35.5. The van der Waals surface area contributed by atoms with Gasteiger partial charge in [-0.05, 0) is 50.2 Å². The predicted molar refractivity (Wildman–Crippen MR) is 102 cm³/mol. The number of ether oxygens (including phenoxy) is 2. The summed E-state index contributed by atoms with van der Waals surface area (Å²) in [4.78, 5) is 41.9. The zero-order chi connectivity index (χ0) is 21.9. The predicted octanol–water partition coefficient (Wildman–Crippen LogP) is 2.33. The van der Waals surface area contributed by atoms with Gasteiger partial charge >= 0.3 is 13.8 Å². The van der Waals surface area contributed by atoms with Gasteiger partial charge in [0.05, 0.1) is 10.6 Å². The summed E-state index contributed by atoms with van der Waals surface area (Å²) in [5, 5.41) is 2.83. The molecule has 0 spiro atoms. The quantitative estimate of drug-likeness (QED) is 0.394. The van der Waals surface area contributed by atoms with Gasteiger partial charge in [-0.1, -0.05) is 11.6 Å². The van der Waals surface area contributed by atoms with Crippen molar-refractivity contribution in [3.05, 3.63) is 29.0 Å². The molecule has 1 aromatic rings. The number of hydrogen-bond acceptors (Lipinski definition) is 6. The summed E-state index contributed by atoms with van der Waals surface area (Å²) in [7, 11) is -4.79. The van der Waals surface area contributed by atoms with Crippen LogP contribution in [-0.4, -0.2) is 46.5 Å². The van der Waals surface area contributed by atoms with Crippen LogP contribution in [0.25, 0.3) is 0 Å². The molecule has 2 bridgehead atoms. The Bertz CT molecular complexity index is 855. The van der Waals surface area contributed by atoms with Gasteiger partial charge < -0.3 is 24.6 Å². The van der Waals surface area contributed by atoms with E-state index in [1.807, 2.05) is 0 Å². The fourth-order valence-electron chi connectivity index (χ4n) is 4.00. The topological polar surface area (TPSA) is 131 Å². The molecule has 0 heterocycles. The zero-order valence-corrected chi connectivity index (χ0v) is 17.5. The summed E-state index contributed by atoms with van der Waals surface area (Å²) >= 11 is 5.62. The van der Waals surface area contributed by atoms with E-state index in [2.05, 4.69) is 9.84 Å². The molecule has 30 heavy (non-hydrogen) atoms. The highest BCUT2D eigenvalue weighted by molar-refractivity contribution is 7.46. The molecule has 3 aliphatic rings. The van der Waals surface area contributed by atoms with E-state index < -0.39 is 43.8 Å². The lowest BCUT2D eigenvalue weighted by Gasteiger charge is -2.51.